The van der Waals surface area contributed by atoms with Crippen LogP contribution < -0.4 is 4.74 Å². The quantitative estimate of drug-likeness (QED) is 0.605. The summed E-state index contributed by atoms with van der Waals surface area (Å²) in [6.45, 7) is 1.41. The first kappa shape index (κ1) is 20.9. The summed E-state index contributed by atoms with van der Waals surface area (Å²) in [6.07, 6.45) is 3.96. The molecule has 1 aliphatic heterocycles. The van der Waals surface area contributed by atoms with Crippen LogP contribution in [0.3, 0.4) is 0 Å². The molecule has 0 saturated carbocycles. The van der Waals surface area contributed by atoms with Gasteiger partial charge in [0, 0.05) is 18.5 Å². The molecule has 2 heterocycles. The van der Waals surface area contributed by atoms with Crippen LogP contribution in [-0.4, -0.2) is 47.6 Å². The Morgan fingerprint density at radius 3 is 2.84 bits per heavy atom. The number of methoxy groups -OCH3 is 1. The fourth-order valence-corrected chi connectivity index (χ4v) is 3.58. The molecule has 3 aromatic rings. The van der Waals surface area contributed by atoms with E-state index in [1.165, 1.54) is 12.1 Å². The minimum Gasteiger partial charge on any atom is -0.497 e. The van der Waals surface area contributed by atoms with E-state index in [-0.39, 0.29) is 17.8 Å². The van der Waals surface area contributed by atoms with Crippen LogP contribution in [0.5, 0.6) is 5.75 Å². The Morgan fingerprint density at radius 1 is 1.23 bits per heavy atom. The lowest BCUT2D eigenvalue weighted by atomic mass is 10.1. The molecule has 1 aliphatic rings. The van der Waals surface area contributed by atoms with E-state index in [4.69, 9.17) is 9.47 Å². The van der Waals surface area contributed by atoms with Gasteiger partial charge < -0.3 is 14.4 Å². The third kappa shape index (κ3) is 5.24. The van der Waals surface area contributed by atoms with Gasteiger partial charge in [0.15, 0.2) is 0 Å². The maximum absolute atomic E-state index is 13.6. The Labute approximate surface area is 180 Å². The summed E-state index contributed by atoms with van der Waals surface area (Å²) in [5, 5.41) is 0. The zero-order valence-corrected chi connectivity index (χ0v) is 17.3. The second-order valence-electron chi connectivity index (χ2n) is 7.39. The van der Waals surface area contributed by atoms with Crippen molar-refractivity contribution in [2.75, 3.05) is 26.8 Å². The Kier molecular flexibility index (Phi) is 6.52. The molecule has 0 N–H and O–H groups in total. The van der Waals surface area contributed by atoms with E-state index in [1.807, 2.05) is 29.2 Å². The van der Waals surface area contributed by atoms with Gasteiger partial charge >= 0.3 is 0 Å². The van der Waals surface area contributed by atoms with Crippen LogP contribution in [0.25, 0.3) is 11.3 Å². The minimum absolute atomic E-state index is 0.0818. The van der Waals surface area contributed by atoms with Gasteiger partial charge in [0.05, 0.1) is 44.0 Å². The predicted molar refractivity (Wildman–Crippen MR) is 114 cm³/mol. The molecule has 1 atom stereocenters. The highest BCUT2D eigenvalue weighted by Crippen LogP contribution is 2.24. The lowest BCUT2D eigenvalue weighted by Gasteiger charge is -2.32. The molecule has 0 spiro atoms. The summed E-state index contributed by atoms with van der Waals surface area (Å²) in [4.78, 5) is 23.4. The van der Waals surface area contributed by atoms with Crippen molar-refractivity contribution in [1.29, 1.82) is 0 Å². The number of benzene rings is 2. The molecule has 0 aliphatic carbocycles. The topological polar surface area (TPSA) is 64.5 Å². The zero-order valence-electron chi connectivity index (χ0n) is 17.3. The monoisotopic (exact) mass is 421 g/mol. The molecule has 0 radical (unpaired) electrons. The molecular formula is C24H24FN3O3. The van der Waals surface area contributed by atoms with Crippen molar-refractivity contribution < 1.29 is 18.7 Å². The summed E-state index contributed by atoms with van der Waals surface area (Å²) in [5.41, 5.74) is 2.95. The molecule has 1 fully saturated rings. The highest BCUT2D eigenvalue weighted by Gasteiger charge is 2.26. The molecule has 1 aromatic heterocycles. The Bertz CT molecular complexity index is 1040. The SMILES string of the molecule is COc1ccc(CCC(=O)N2CCO[C@H](c3cncc(-c4cccc(F)c4)n3)C2)cc1. The number of rotatable bonds is 6. The van der Waals surface area contributed by atoms with E-state index >= 15 is 0 Å². The third-order valence-corrected chi connectivity index (χ3v) is 5.31. The van der Waals surface area contributed by atoms with Crippen molar-refractivity contribution in [3.8, 4) is 17.0 Å². The van der Waals surface area contributed by atoms with Gasteiger partial charge in [-0.15, -0.1) is 0 Å². The van der Waals surface area contributed by atoms with Crippen molar-refractivity contribution in [3.63, 3.8) is 0 Å². The molecule has 7 heteroatoms. The standard InChI is InChI=1S/C24H24FN3O3/c1-30-20-8-5-17(6-9-20)7-10-24(29)28-11-12-31-23(16-28)22-15-26-14-21(27-22)18-3-2-4-19(25)13-18/h2-6,8-9,13-15,23H,7,10-12,16H2,1H3/t23-/m0/s1. The van der Waals surface area contributed by atoms with Gasteiger partial charge in [-0.3, -0.25) is 9.78 Å². The first-order valence-corrected chi connectivity index (χ1v) is 10.2. The van der Waals surface area contributed by atoms with Crippen LogP contribution >= 0.6 is 0 Å². The maximum Gasteiger partial charge on any atom is 0.223 e. The molecule has 31 heavy (non-hydrogen) atoms. The fraction of sp³-hybridized carbons (Fsp3) is 0.292. The molecule has 1 saturated heterocycles. The number of amides is 1. The van der Waals surface area contributed by atoms with Crippen molar-refractivity contribution in [3.05, 3.63) is 78.0 Å². The van der Waals surface area contributed by atoms with Crippen LogP contribution in [0.4, 0.5) is 4.39 Å². The number of aryl methyl sites for hydroxylation is 1. The van der Waals surface area contributed by atoms with Crippen LogP contribution in [0.2, 0.25) is 0 Å². The average molecular weight is 421 g/mol. The summed E-state index contributed by atoms with van der Waals surface area (Å²) >= 11 is 0. The fourth-order valence-electron chi connectivity index (χ4n) is 3.58. The van der Waals surface area contributed by atoms with Gasteiger partial charge in [-0.1, -0.05) is 24.3 Å². The molecule has 2 aromatic carbocycles. The van der Waals surface area contributed by atoms with Gasteiger partial charge in [0.1, 0.15) is 17.7 Å². The smallest absolute Gasteiger partial charge is 0.223 e. The zero-order chi connectivity index (χ0) is 21.6. The van der Waals surface area contributed by atoms with Crippen molar-refractivity contribution in [2.24, 2.45) is 0 Å². The lowest BCUT2D eigenvalue weighted by Crippen LogP contribution is -2.42. The maximum atomic E-state index is 13.6. The predicted octanol–water partition coefficient (Wildman–Crippen LogP) is 3.82. The number of hydrogen-bond donors (Lipinski definition) is 0. The second-order valence-corrected chi connectivity index (χ2v) is 7.39. The van der Waals surface area contributed by atoms with Gasteiger partial charge in [0.25, 0.3) is 0 Å². The Balaban J connectivity index is 1.40. The van der Waals surface area contributed by atoms with Crippen LogP contribution in [0.15, 0.2) is 60.9 Å². The Hall–Kier alpha value is -3.32. The molecule has 160 valence electrons. The third-order valence-electron chi connectivity index (χ3n) is 5.31. The van der Waals surface area contributed by atoms with Gasteiger partial charge in [-0.25, -0.2) is 9.37 Å². The lowest BCUT2D eigenvalue weighted by molar-refractivity contribution is -0.139. The van der Waals surface area contributed by atoms with Gasteiger partial charge in [-0.05, 0) is 36.2 Å². The molecule has 6 nitrogen and oxygen atoms in total. The summed E-state index contributed by atoms with van der Waals surface area (Å²) < 4.78 is 24.6. The van der Waals surface area contributed by atoms with E-state index in [0.29, 0.717) is 49.5 Å². The number of morpholine rings is 1. The number of carbonyl (C=O) groups excluding carboxylic acids is 1. The number of ether oxygens (including phenoxy) is 2. The number of nitrogens with zero attached hydrogens (tertiary/aromatic N) is 3. The minimum atomic E-state index is -0.361. The van der Waals surface area contributed by atoms with Gasteiger partial charge in [-0.2, -0.15) is 0 Å². The van der Waals surface area contributed by atoms with Crippen molar-refractivity contribution in [1.82, 2.24) is 14.9 Å². The van der Waals surface area contributed by atoms with E-state index < -0.39 is 0 Å². The number of halogens is 1. The molecule has 4 rings (SSSR count). The number of hydrogen-bond acceptors (Lipinski definition) is 5. The summed E-state index contributed by atoms with van der Waals surface area (Å²) in [6, 6.07) is 14.0. The molecule has 0 unspecified atom stereocenters. The number of aromatic nitrogens is 2. The molecular weight excluding hydrogens is 397 g/mol. The highest BCUT2D eigenvalue weighted by molar-refractivity contribution is 5.76. The summed E-state index contributed by atoms with van der Waals surface area (Å²) in [5.74, 6) is 0.554. The molecule has 1 amide bonds. The largest absolute Gasteiger partial charge is 0.497 e. The normalized spacial score (nSPS) is 16.2. The van der Waals surface area contributed by atoms with Crippen LogP contribution in [0.1, 0.15) is 23.8 Å². The first-order chi connectivity index (χ1) is 15.1. The average Bonchev–Trinajstić information content (AvgIpc) is 2.83. The van der Waals surface area contributed by atoms with E-state index in [0.717, 1.165) is 11.3 Å². The van der Waals surface area contributed by atoms with Crippen molar-refractivity contribution in [2.45, 2.75) is 18.9 Å². The van der Waals surface area contributed by atoms with E-state index in [2.05, 4.69) is 9.97 Å². The molecule has 0 bridgehead atoms. The number of carbonyl (C=O) groups is 1. The van der Waals surface area contributed by atoms with E-state index in [1.54, 1.807) is 31.6 Å². The van der Waals surface area contributed by atoms with Crippen LogP contribution in [0, 0.1) is 5.82 Å². The second kappa shape index (κ2) is 9.66. The van der Waals surface area contributed by atoms with Gasteiger partial charge in [0.2, 0.25) is 5.91 Å². The summed E-state index contributed by atoms with van der Waals surface area (Å²) in [7, 11) is 1.63. The highest BCUT2D eigenvalue weighted by atomic mass is 19.1. The van der Waals surface area contributed by atoms with Crippen molar-refractivity contribution >= 4 is 5.91 Å². The Morgan fingerprint density at radius 2 is 2.06 bits per heavy atom. The van der Waals surface area contributed by atoms with E-state index in [9.17, 15) is 9.18 Å². The first-order valence-electron chi connectivity index (χ1n) is 10.2. The van der Waals surface area contributed by atoms with Crippen LogP contribution in [-0.2, 0) is 16.0 Å².